The number of carbonyl (C=O) groups is 1. The van der Waals surface area contributed by atoms with Crippen LogP contribution in [0, 0.1) is 12.7 Å². The Kier molecular flexibility index (Phi) is 6.17. The zero-order chi connectivity index (χ0) is 19.9. The van der Waals surface area contributed by atoms with E-state index < -0.39 is 0 Å². The second-order valence-electron chi connectivity index (χ2n) is 6.42. The molecule has 0 saturated heterocycles. The molecule has 1 heterocycles. The summed E-state index contributed by atoms with van der Waals surface area (Å²) in [5, 5.41) is 2.91. The smallest absolute Gasteiger partial charge is 0.244 e. The van der Waals surface area contributed by atoms with Gasteiger partial charge in [-0.1, -0.05) is 24.3 Å². The van der Waals surface area contributed by atoms with Crippen molar-refractivity contribution in [2.24, 2.45) is 0 Å². The molecule has 5 heteroatoms. The number of pyridine rings is 1. The zero-order valence-corrected chi connectivity index (χ0v) is 15.7. The second kappa shape index (κ2) is 8.95. The lowest BCUT2D eigenvalue weighted by atomic mass is 10.1. The number of nitrogens with zero attached hydrogens (tertiary/aromatic N) is 1. The van der Waals surface area contributed by atoms with Crippen LogP contribution in [0.4, 0.5) is 4.39 Å². The molecule has 1 atom stereocenters. The van der Waals surface area contributed by atoms with Crippen molar-refractivity contribution in [2.45, 2.75) is 19.9 Å². The molecule has 2 aromatic carbocycles. The summed E-state index contributed by atoms with van der Waals surface area (Å²) in [5.41, 5.74) is 2.60. The number of hydrogen-bond acceptors (Lipinski definition) is 3. The van der Waals surface area contributed by atoms with Crippen LogP contribution in [0.2, 0.25) is 0 Å². The molecule has 3 aromatic rings. The summed E-state index contributed by atoms with van der Waals surface area (Å²) >= 11 is 0. The number of rotatable bonds is 6. The minimum Gasteiger partial charge on any atom is -0.456 e. The molecule has 3 rings (SSSR count). The van der Waals surface area contributed by atoms with Crippen LogP contribution >= 0.6 is 0 Å². The van der Waals surface area contributed by atoms with Gasteiger partial charge in [0.1, 0.15) is 17.3 Å². The molecule has 0 spiro atoms. The minimum absolute atomic E-state index is 0.204. The summed E-state index contributed by atoms with van der Waals surface area (Å²) in [6.45, 7) is 3.81. The van der Waals surface area contributed by atoms with E-state index in [0.29, 0.717) is 11.5 Å². The van der Waals surface area contributed by atoms with Crippen LogP contribution in [-0.4, -0.2) is 10.9 Å². The summed E-state index contributed by atoms with van der Waals surface area (Å²) < 4.78 is 18.7. The SMILES string of the molecule is Cc1ccc(Oc2cccc(C(C)NC(=O)/C=C/c3ccc(F)cc3)c2)cn1. The Bertz CT molecular complexity index is 967. The average Bonchev–Trinajstić information content (AvgIpc) is 2.69. The number of nitrogens with one attached hydrogen (secondary N) is 1. The molecule has 0 aliphatic rings. The van der Waals surface area contributed by atoms with E-state index >= 15 is 0 Å². The van der Waals surface area contributed by atoms with E-state index in [2.05, 4.69) is 10.3 Å². The van der Waals surface area contributed by atoms with Crippen molar-refractivity contribution in [1.82, 2.24) is 10.3 Å². The molecule has 0 radical (unpaired) electrons. The van der Waals surface area contributed by atoms with Gasteiger partial charge in [-0.05, 0) is 67.4 Å². The van der Waals surface area contributed by atoms with Crippen molar-refractivity contribution < 1.29 is 13.9 Å². The lowest BCUT2D eigenvalue weighted by Gasteiger charge is -2.14. The van der Waals surface area contributed by atoms with Crippen molar-refractivity contribution in [3.63, 3.8) is 0 Å². The third kappa shape index (κ3) is 5.51. The first-order chi connectivity index (χ1) is 13.5. The van der Waals surface area contributed by atoms with Gasteiger partial charge in [-0.2, -0.15) is 0 Å². The number of carbonyl (C=O) groups excluding carboxylic acids is 1. The van der Waals surface area contributed by atoms with Crippen molar-refractivity contribution >= 4 is 12.0 Å². The summed E-state index contributed by atoms with van der Waals surface area (Å²) in [7, 11) is 0. The predicted molar refractivity (Wildman–Crippen MR) is 107 cm³/mol. The van der Waals surface area contributed by atoms with Gasteiger partial charge in [0, 0.05) is 11.8 Å². The number of ether oxygens (including phenoxy) is 1. The average molecular weight is 376 g/mol. The summed E-state index contributed by atoms with van der Waals surface area (Å²) in [6, 6.07) is 17.0. The van der Waals surface area contributed by atoms with Crippen molar-refractivity contribution in [3.05, 3.63) is 95.6 Å². The largest absolute Gasteiger partial charge is 0.456 e. The van der Waals surface area contributed by atoms with Crippen molar-refractivity contribution in [3.8, 4) is 11.5 Å². The molecule has 1 unspecified atom stereocenters. The molecule has 0 aliphatic carbocycles. The fourth-order valence-electron chi connectivity index (χ4n) is 2.59. The fraction of sp³-hybridized carbons (Fsp3) is 0.130. The molecule has 0 saturated carbocycles. The molecular weight excluding hydrogens is 355 g/mol. The molecule has 0 aliphatic heterocycles. The van der Waals surface area contributed by atoms with Gasteiger partial charge in [0.15, 0.2) is 0 Å². The highest BCUT2D eigenvalue weighted by Crippen LogP contribution is 2.24. The Hall–Kier alpha value is -3.47. The maximum atomic E-state index is 12.9. The Morgan fingerprint density at radius 3 is 2.61 bits per heavy atom. The second-order valence-corrected chi connectivity index (χ2v) is 6.42. The Labute approximate surface area is 163 Å². The van der Waals surface area contributed by atoms with E-state index in [4.69, 9.17) is 4.74 Å². The van der Waals surface area contributed by atoms with Crippen LogP contribution in [0.1, 0.15) is 29.8 Å². The Morgan fingerprint density at radius 2 is 1.89 bits per heavy atom. The standard InChI is InChI=1S/C23H21FN2O2/c1-16-6-12-22(15-25-16)28-21-5-3-4-19(14-21)17(2)26-23(27)13-9-18-7-10-20(24)11-8-18/h3-15,17H,1-2H3,(H,26,27)/b13-9+. The first-order valence-electron chi connectivity index (χ1n) is 8.94. The van der Waals surface area contributed by atoms with Gasteiger partial charge in [0.25, 0.3) is 0 Å². The van der Waals surface area contributed by atoms with E-state index in [-0.39, 0.29) is 17.8 Å². The number of benzene rings is 2. The van der Waals surface area contributed by atoms with Gasteiger partial charge in [0.2, 0.25) is 5.91 Å². The normalized spacial score (nSPS) is 12.0. The molecule has 1 aromatic heterocycles. The lowest BCUT2D eigenvalue weighted by molar-refractivity contribution is -0.117. The van der Waals surface area contributed by atoms with Crippen LogP contribution in [0.3, 0.4) is 0 Å². The number of aryl methyl sites for hydroxylation is 1. The molecule has 0 bridgehead atoms. The van der Waals surface area contributed by atoms with Crippen molar-refractivity contribution in [1.29, 1.82) is 0 Å². The molecule has 4 nitrogen and oxygen atoms in total. The van der Waals surface area contributed by atoms with E-state index in [0.717, 1.165) is 16.8 Å². The van der Waals surface area contributed by atoms with Crippen LogP contribution in [0.15, 0.2) is 72.9 Å². The Balaban J connectivity index is 1.62. The van der Waals surface area contributed by atoms with Crippen LogP contribution < -0.4 is 10.1 Å². The van der Waals surface area contributed by atoms with Crippen LogP contribution in [-0.2, 0) is 4.79 Å². The van der Waals surface area contributed by atoms with Crippen LogP contribution in [0.25, 0.3) is 6.08 Å². The van der Waals surface area contributed by atoms with E-state index in [1.807, 2.05) is 50.2 Å². The monoisotopic (exact) mass is 376 g/mol. The van der Waals surface area contributed by atoms with Gasteiger partial charge in [-0.25, -0.2) is 4.39 Å². The topological polar surface area (TPSA) is 51.2 Å². The number of halogens is 1. The highest BCUT2D eigenvalue weighted by molar-refractivity contribution is 5.91. The molecule has 142 valence electrons. The maximum Gasteiger partial charge on any atom is 0.244 e. The number of amides is 1. The fourth-order valence-corrected chi connectivity index (χ4v) is 2.59. The van der Waals surface area contributed by atoms with Gasteiger partial charge < -0.3 is 10.1 Å². The van der Waals surface area contributed by atoms with Gasteiger partial charge in [0.05, 0.1) is 12.2 Å². The molecular formula is C23H21FN2O2. The van der Waals surface area contributed by atoms with Gasteiger partial charge in [-0.15, -0.1) is 0 Å². The molecule has 0 fully saturated rings. The lowest BCUT2D eigenvalue weighted by Crippen LogP contribution is -2.24. The third-order valence-electron chi connectivity index (χ3n) is 4.13. The summed E-state index contributed by atoms with van der Waals surface area (Å²) in [4.78, 5) is 16.4. The quantitative estimate of drug-likeness (QED) is 0.601. The first-order valence-corrected chi connectivity index (χ1v) is 8.94. The third-order valence-corrected chi connectivity index (χ3v) is 4.13. The van der Waals surface area contributed by atoms with E-state index in [1.54, 1.807) is 24.4 Å². The minimum atomic E-state index is -0.307. The zero-order valence-electron chi connectivity index (χ0n) is 15.7. The van der Waals surface area contributed by atoms with Gasteiger partial charge >= 0.3 is 0 Å². The van der Waals surface area contributed by atoms with Crippen molar-refractivity contribution in [2.75, 3.05) is 0 Å². The molecule has 1 amide bonds. The number of aromatic nitrogens is 1. The number of hydrogen-bond donors (Lipinski definition) is 1. The predicted octanol–water partition coefficient (Wildman–Crippen LogP) is 5.21. The van der Waals surface area contributed by atoms with E-state index in [9.17, 15) is 9.18 Å². The molecule has 1 N–H and O–H groups in total. The first kappa shape index (κ1) is 19.3. The van der Waals surface area contributed by atoms with Gasteiger partial charge in [-0.3, -0.25) is 9.78 Å². The van der Waals surface area contributed by atoms with E-state index in [1.165, 1.54) is 18.2 Å². The summed E-state index contributed by atoms with van der Waals surface area (Å²) in [5.74, 6) is 0.789. The van der Waals surface area contributed by atoms with Crippen LogP contribution in [0.5, 0.6) is 11.5 Å². The Morgan fingerprint density at radius 1 is 1.11 bits per heavy atom. The highest BCUT2D eigenvalue weighted by Gasteiger charge is 2.09. The molecule has 28 heavy (non-hydrogen) atoms. The summed E-state index contributed by atoms with van der Waals surface area (Å²) in [6.07, 6.45) is 4.75. The highest BCUT2D eigenvalue weighted by atomic mass is 19.1. The maximum absolute atomic E-state index is 12.9.